The first-order valence-electron chi connectivity index (χ1n) is 6.41. The van der Waals surface area contributed by atoms with Gasteiger partial charge in [-0.15, -0.1) is 0 Å². The molecule has 1 aliphatic rings. The van der Waals surface area contributed by atoms with E-state index in [4.69, 9.17) is 4.74 Å². The lowest BCUT2D eigenvalue weighted by Gasteiger charge is -2.36. The molecule has 0 saturated carbocycles. The Balaban J connectivity index is 1.71. The second-order valence-corrected chi connectivity index (χ2v) is 5.48. The van der Waals surface area contributed by atoms with Crippen molar-refractivity contribution < 1.29 is 4.74 Å². The minimum absolute atomic E-state index is 0.0287. The number of nitrogens with zero attached hydrogens (tertiary/aromatic N) is 2. The molecular formula is C13H23N3O. The highest BCUT2D eigenvalue weighted by Crippen LogP contribution is 2.23. The molecule has 0 spiro atoms. The summed E-state index contributed by atoms with van der Waals surface area (Å²) in [6.07, 6.45) is 5.20. The SMILES string of the molecule is Cn1ccc(CCNC2CCOC(C)(C)C2)n1. The summed E-state index contributed by atoms with van der Waals surface area (Å²) < 4.78 is 7.56. The van der Waals surface area contributed by atoms with Gasteiger partial charge in [0.1, 0.15) is 0 Å². The van der Waals surface area contributed by atoms with Crippen LogP contribution < -0.4 is 5.32 Å². The van der Waals surface area contributed by atoms with Crippen molar-refractivity contribution in [2.24, 2.45) is 7.05 Å². The maximum atomic E-state index is 5.71. The molecule has 1 saturated heterocycles. The summed E-state index contributed by atoms with van der Waals surface area (Å²) in [5, 5.41) is 7.98. The molecule has 0 radical (unpaired) electrons. The molecule has 0 aromatic carbocycles. The monoisotopic (exact) mass is 237 g/mol. The molecule has 2 rings (SSSR count). The number of aryl methyl sites for hydroxylation is 1. The lowest BCUT2D eigenvalue weighted by Crippen LogP contribution is -2.44. The van der Waals surface area contributed by atoms with Crippen LogP contribution in [-0.2, 0) is 18.2 Å². The molecular weight excluding hydrogens is 214 g/mol. The first-order chi connectivity index (χ1) is 8.05. The van der Waals surface area contributed by atoms with Crippen LogP contribution in [0.15, 0.2) is 12.3 Å². The van der Waals surface area contributed by atoms with E-state index in [1.54, 1.807) is 0 Å². The minimum Gasteiger partial charge on any atom is -0.375 e. The molecule has 1 aromatic rings. The minimum atomic E-state index is 0.0287. The smallest absolute Gasteiger partial charge is 0.0641 e. The summed E-state index contributed by atoms with van der Waals surface area (Å²) in [5.74, 6) is 0. The van der Waals surface area contributed by atoms with Crippen molar-refractivity contribution in [3.63, 3.8) is 0 Å². The predicted octanol–water partition coefficient (Wildman–Crippen LogP) is 1.51. The van der Waals surface area contributed by atoms with Crippen molar-refractivity contribution in [2.75, 3.05) is 13.2 Å². The van der Waals surface area contributed by atoms with E-state index in [2.05, 4.69) is 30.3 Å². The number of hydrogen-bond donors (Lipinski definition) is 1. The highest BCUT2D eigenvalue weighted by Gasteiger charge is 2.28. The van der Waals surface area contributed by atoms with Gasteiger partial charge in [-0.25, -0.2) is 0 Å². The highest BCUT2D eigenvalue weighted by molar-refractivity contribution is 4.99. The molecule has 1 atom stereocenters. The first kappa shape index (κ1) is 12.6. The van der Waals surface area contributed by atoms with Crippen LogP contribution in [0.5, 0.6) is 0 Å². The Hall–Kier alpha value is -0.870. The van der Waals surface area contributed by atoms with Crippen molar-refractivity contribution >= 4 is 0 Å². The maximum Gasteiger partial charge on any atom is 0.0641 e. The van der Waals surface area contributed by atoms with E-state index in [1.807, 2.05) is 17.9 Å². The Morgan fingerprint density at radius 3 is 3.06 bits per heavy atom. The summed E-state index contributed by atoms with van der Waals surface area (Å²) in [6, 6.07) is 2.66. The lowest BCUT2D eigenvalue weighted by molar-refractivity contribution is -0.0627. The van der Waals surface area contributed by atoms with E-state index in [0.717, 1.165) is 38.1 Å². The maximum absolute atomic E-state index is 5.71. The van der Waals surface area contributed by atoms with Gasteiger partial charge in [0.2, 0.25) is 0 Å². The predicted molar refractivity (Wildman–Crippen MR) is 68.0 cm³/mol. The molecule has 1 N–H and O–H groups in total. The first-order valence-corrected chi connectivity index (χ1v) is 6.41. The highest BCUT2D eigenvalue weighted by atomic mass is 16.5. The molecule has 0 bridgehead atoms. The zero-order chi connectivity index (χ0) is 12.3. The van der Waals surface area contributed by atoms with E-state index >= 15 is 0 Å². The van der Waals surface area contributed by atoms with Gasteiger partial charge in [0.25, 0.3) is 0 Å². The van der Waals surface area contributed by atoms with Crippen molar-refractivity contribution in [1.82, 2.24) is 15.1 Å². The molecule has 0 amide bonds. The van der Waals surface area contributed by atoms with Gasteiger partial charge in [-0.3, -0.25) is 4.68 Å². The molecule has 1 fully saturated rings. The van der Waals surface area contributed by atoms with Gasteiger partial charge in [0.15, 0.2) is 0 Å². The van der Waals surface area contributed by atoms with Crippen LogP contribution in [0.3, 0.4) is 0 Å². The number of ether oxygens (including phenoxy) is 1. The van der Waals surface area contributed by atoms with Gasteiger partial charge < -0.3 is 10.1 Å². The van der Waals surface area contributed by atoms with E-state index < -0.39 is 0 Å². The molecule has 1 unspecified atom stereocenters. The summed E-state index contributed by atoms with van der Waals surface area (Å²) in [7, 11) is 1.96. The Bertz CT molecular complexity index is 359. The average Bonchev–Trinajstić information content (AvgIpc) is 2.63. The standard InChI is InChI=1S/C13H23N3O/c1-13(2)10-12(6-9-17-13)14-7-4-11-5-8-16(3)15-11/h5,8,12,14H,4,6-7,9-10H2,1-3H3. The van der Waals surface area contributed by atoms with Crippen LogP contribution in [0, 0.1) is 0 Å². The normalized spacial score (nSPS) is 23.8. The molecule has 17 heavy (non-hydrogen) atoms. The van der Waals surface area contributed by atoms with E-state index in [-0.39, 0.29) is 5.60 Å². The molecule has 4 nitrogen and oxygen atoms in total. The van der Waals surface area contributed by atoms with Gasteiger partial charge in [0.05, 0.1) is 11.3 Å². The van der Waals surface area contributed by atoms with Crippen LogP contribution in [0.1, 0.15) is 32.4 Å². The fourth-order valence-electron chi connectivity index (χ4n) is 2.41. The Labute approximate surface area is 103 Å². The number of rotatable bonds is 4. The average molecular weight is 237 g/mol. The van der Waals surface area contributed by atoms with Gasteiger partial charge >= 0.3 is 0 Å². The third-order valence-corrected chi connectivity index (χ3v) is 3.28. The quantitative estimate of drug-likeness (QED) is 0.863. The van der Waals surface area contributed by atoms with Crippen molar-refractivity contribution in [2.45, 2.75) is 44.8 Å². The zero-order valence-corrected chi connectivity index (χ0v) is 11.1. The van der Waals surface area contributed by atoms with Crippen molar-refractivity contribution in [3.05, 3.63) is 18.0 Å². The fourth-order valence-corrected chi connectivity index (χ4v) is 2.41. The zero-order valence-electron chi connectivity index (χ0n) is 11.1. The van der Waals surface area contributed by atoms with Crippen molar-refractivity contribution in [1.29, 1.82) is 0 Å². The Morgan fingerprint density at radius 2 is 2.41 bits per heavy atom. The van der Waals surface area contributed by atoms with Crippen LogP contribution in [0.2, 0.25) is 0 Å². The molecule has 4 heteroatoms. The molecule has 2 heterocycles. The van der Waals surface area contributed by atoms with E-state index in [0.29, 0.717) is 6.04 Å². The van der Waals surface area contributed by atoms with Crippen LogP contribution >= 0.6 is 0 Å². The van der Waals surface area contributed by atoms with Crippen molar-refractivity contribution in [3.8, 4) is 0 Å². The molecule has 1 aliphatic heterocycles. The summed E-state index contributed by atoms with van der Waals surface area (Å²) in [5.41, 5.74) is 1.19. The number of nitrogens with one attached hydrogen (secondary N) is 1. The fraction of sp³-hybridized carbons (Fsp3) is 0.769. The summed E-state index contributed by atoms with van der Waals surface area (Å²) >= 11 is 0. The van der Waals surface area contributed by atoms with Crippen LogP contribution in [0.4, 0.5) is 0 Å². The van der Waals surface area contributed by atoms with E-state index in [1.165, 1.54) is 0 Å². The largest absolute Gasteiger partial charge is 0.375 e. The Morgan fingerprint density at radius 1 is 1.59 bits per heavy atom. The molecule has 1 aromatic heterocycles. The Kier molecular flexibility index (Phi) is 3.84. The third-order valence-electron chi connectivity index (χ3n) is 3.28. The molecule has 0 aliphatic carbocycles. The molecule has 96 valence electrons. The van der Waals surface area contributed by atoms with Crippen LogP contribution in [-0.4, -0.2) is 34.6 Å². The topological polar surface area (TPSA) is 39.1 Å². The third kappa shape index (κ3) is 3.82. The second-order valence-electron chi connectivity index (χ2n) is 5.48. The van der Waals surface area contributed by atoms with Gasteiger partial charge in [-0.2, -0.15) is 5.10 Å². The second kappa shape index (κ2) is 5.19. The number of hydrogen-bond acceptors (Lipinski definition) is 3. The van der Waals surface area contributed by atoms with Gasteiger partial charge in [-0.1, -0.05) is 0 Å². The van der Waals surface area contributed by atoms with E-state index in [9.17, 15) is 0 Å². The van der Waals surface area contributed by atoms with Crippen LogP contribution in [0.25, 0.3) is 0 Å². The van der Waals surface area contributed by atoms with Gasteiger partial charge in [-0.05, 0) is 32.8 Å². The summed E-state index contributed by atoms with van der Waals surface area (Å²) in [4.78, 5) is 0. The number of aromatic nitrogens is 2. The van der Waals surface area contributed by atoms with Gasteiger partial charge in [0, 0.05) is 38.9 Å². The lowest BCUT2D eigenvalue weighted by atomic mass is 9.94. The summed E-state index contributed by atoms with van der Waals surface area (Å²) in [6.45, 7) is 6.20.